The molecule has 84 valence electrons. The molecule has 0 amide bonds. The van der Waals surface area contributed by atoms with Crippen molar-refractivity contribution >= 4 is 28.1 Å². The topological polar surface area (TPSA) is 61.0 Å². The van der Waals surface area contributed by atoms with Gasteiger partial charge in [0.25, 0.3) is 0 Å². The number of hydrogen-bond acceptors (Lipinski definition) is 5. The Balaban J connectivity index is 2.04. The Morgan fingerprint density at radius 1 is 1.38 bits per heavy atom. The highest BCUT2D eigenvalue weighted by Crippen LogP contribution is 2.21. The molecule has 0 fully saturated rings. The van der Waals surface area contributed by atoms with E-state index in [1.807, 2.05) is 0 Å². The van der Waals surface area contributed by atoms with Crippen LogP contribution in [0.4, 0.5) is 9.52 Å². The Labute approximate surface area is 99.8 Å². The van der Waals surface area contributed by atoms with Crippen molar-refractivity contribution in [2.75, 3.05) is 5.73 Å². The zero-order valence-corrected chi connectivity index (χ0v) is 9.56. The number of anilines is 1. The standard InChI is InChI=1S/C9H7ClFN3OS/c10-5-1-6(11)3-7(2-5)15-4-8-13-14-9(12)16-8/h1-3H,4H2,(H2,12,14). The van der Waals surface area contributed by atoms with E-state index >= 15 is 0 Å². The maximum Gasteiger partial charge on any atom is 0.203 e. The average Bonchev–Trinajstić information content (AvgIpc) is 2.60. The van der Waals surface area contributed by atoms with Crippen molar-refractivity contribution in [1.82, 2.24) is 10.2 Å². The van der Waals surface area contributed by atoms with Crippen molar-refractivity contribution in [3.8, 4) is 5.75 Å². The molecular formula is C9H7ClFN3OS. The van der Waals surface area contributed by atoms with Crippen molar-refractivity contribution in [2.24, 2.45) is 0 Å². The van der Waals surface area contributed by atoms with Crippen molar-refractivity contribution in [3.05, 3.63) is 34.0 Å². The summed E-state index contributed by atoms with van der Waals surface area (Å²) < 4.78 is 18.2. The van der Waals surface area contributed by atoms with Gasteiger partial charge in [-0.3, -0.25) is 0 Å². The number of benzene rings is 1. The van der Waals surface area contributed by atoms with Crippen molar-refractivity contribution in [2.45, 2.75) is 6.61 Å². The molecule has 4 nitrogen and oxygen atoms in total. The zero-order valence-electron chi connectivity index (χ0n) is 7.98. The lowest BCUT2D eigenvalue weighted by atomic mass is 10.3. The highest BCUT2D eigenvalue weighted by atomic mass is 35.5. The SMILES string of the molecule is Nc1nnc(COc2cc(F)cc(Cl)c2)s1. The van der Waals surface area contributed by atoms with Crippen LogP contribution in [-0.2, 0) is 6.61 Å². The van der Waals surface area contributed by atoms with Gasteiger partial charge in [0.05, 0.1) is 0 Å². The van der Waals surface area contributed by atoms with E-state index in [1.165, 1.54) is 29.5 Å². The molecule has 0 spiro atoms. The maximum absolute atomic E-state index is 12.9. The number of ether oxygens (including phenoxy) is 1. The van der Waals surface area contributed by atoms with E-state index in [2.05, 4.69) is 10.2 Å². The summed E-state index contributed by atoms with van der Waals surface area (Å²) in [5, 5.41) is 8.68. The lowest BCUT2D eigenvalue weighted by Crippen LogP contribution is -1.95. The van der Waals surface area contributed by atoms with Gasteiger partial charge in [0.15, 0.2) is 5.01 Å². The van der Waals surface area contributed by atoms with Crippen molar-refractivity contribution in [1.29, 1.82) is 0 Å². The van der Waals surface area contributed by atoms with E-state index in [0.29, 0.717) is 15.9 Å². The van der Waals surface area contributed by atoms with Gasteiger partial charge in [-0.15, -0.1) is 10.2 Å². The quantitative estimate of drug-likeness (QED) is 0.920. The summed E-state index contributed by atoms with van der Waals surface area (Å²) >= 11 is 6.89. The lowest BCUT2D eigenvalue weighted by molar-refractivity contribution is 0.303. The second kappa shape index (κ2) is 4.63. The van der Waals surface area contributed by atoms with Crippen LogP contribution < -0.4 is 10.5 Å². The highest BCUT2D eigenvalue weighted by molar-refractivity contribution is 7.15. The Bertz CT molecular complexity index is 485. The molecule has 0 bridgehead atoms. The molecule has 2 aromatic rings. The first kappa shape index (κ1) is 11.1. The molecule has 1 heterocycles. The lowest BCUT2D eigenvalue weighted by Gasteiger charge is -2.03. The number of aromatic nitrogens is 2. The Hall–Kier alpha value is -1.40. The second-order valence-electron chi connectivity index (χ2n) is 2.93. The fourth-order valence-corrected chi connectivity index (χ4v) is 1.82. The summed E-state index contributed by atoms with van der Waals surface area (Å²) in [4.78, 5) is 0. The van der Waals surface area contributed by atoms with Crippen LogP contribution >= 0.6 is 22.9 Å². The van der Waals surface area contributed by atoms with Gasteiger partial charge in [-0.05, 0) is 12.1 Å². The van der Waals surface area contributed by atoms with E-state index in [-0.39, 0.29) is 11.6 Å². The maximum atomic E-state index is 12.9. The van der Waals surface area contributed by atoms with Gasteiger partial charge < -0.3 is 10.5 Å². The molecule has 7 heteroatoms. The summed E-state index contributed by atoms with van der Waals surface area (Å²) in [5.74, 6) is -0.0990. The van der Waals surface area contributed by atoms with Crippen LogP contribution in [0.1, 0.15) is 5.01 Å². The summed E-state index contributed by atoms with van der Waals surface area (Å²) in [6, 6.07) is 3.97. The Kier molecular flexibility index (Phi) is 3.21. The third-order valence-corrected chi connectivity index (χ3v) is 2.62. The number of hydrogen-bond donors (Lipinski definition) is 1. The largest absolute Gasteiger partial charge is 0.486 e. The first-order chi connectivity index (χ1) is 7.63. The molecule has 1 aromatic heterocycles. The van der Waals surface area contributed by atoms with E-state index < -0.39 is 5.82 Å². The first-order valence-corrected chi connectivity index (χ1v) is 5.49. The molecule has 0 unspecified atom stereocenters. The van der Waals surface area contributed by atoms with E-state index in [4.69, 9.17) is 22.1 Å². The Morgan fingerprint density at radius 2 is 2.19 bits per heavy atom. The molecule has 0 aliphatic heterocycles. The van der Waals surface area contributed by atoms with Crippen LogP contribution in [0.3, 0.4) is 0 Å². The number of halogens is 2. The molecule has 0 saturated carbocycles. The zero-order chi connectivity index (χ0) is 11.5. The van der Waals surface area contributed by atoms with Crippen LogP contribution in [-0.4, -0.2) is 10.2 Å². The van der Waals surface area contributed by atoms with Crippen LogP contribution in [0, 0.1) is 5.82 Å². The molecule has 2 N–H and O–H groups in total. The summed E-state index contributed by atoms with van der Waals surface area (Å²) in [5.41, 5.74) is 5.40. The highest BCUT2D eigenvalue weighted by Gasteiger charge is 2.04. The van der Waals surface area contributed by atoms with Gasteiger partial charge >= 0.3 is 0 Å². The van der Waals surface area contributed by atoms with E-state index in [9.17, 15) is 4.39 Å². The second-order valence-corrected chi connectivity index (χ2v) is 4.46. The third-order valence-electron chi connectivity index (χ3n) is 1.68. The van der Waals surface area contributed by atoms with Crippen LogP contribution in [0.25, 0.3) is 0 Å². The van der Waals surface area contributed by atoms with Crippen molar-refractivity contribution in [3.63, 3.8) is 0 Å². The Morgan fingerprint density at radius 3 is 2.81 bits per heavy atom. The predicted molar refractivity (Wildman–Crippen MR) is 60.1 cm³/mol. The molecule has 0 atom stereocenters. The summed E-state index contributed by atoms with van der Waals surface area (Å²) in [6.07, 6.45) is 0. The summed E-state index contributed by atoms with van der Waals surface area (Å²) in [7, 11) is 0. The minimum Gasteiger partial charge on any atom is -0.486 e. The molecule has 0 radical (unpaired) electrons. The van der Waals surface area contributed by atoms with E-state index in [1.54, 1.807) is 0 Å². The van der Waals surface area contributed by atoms with Gasteiger partial charge in [0.1, 0.15) is 18.2 Å². The van der Waals surface area contributed by atoms with Crippen LogP contribution in [0.5, 0.6) is 5.75 Å². The molecular weight excluding hydrogens is 253 g/mol. The van der Waals surface area contributed by atoms with Crippen LogP contribution in [0.2, 0.25) is 5.02 Å². The molecule has 16 heavy (non-hydrogen) atoms. The van der Waals surface area contributed by atoms with Crippen molar-refractivity contribution < 1.29 is 9.13 Å². The first-order valence-electron chi connectivity index (χ1n) is 4.30. The molecule has 1 aromatic carbocycles. The van der Waals surface area contributed by atoms with Gasteiger partial charge in [-0.2, -0.15) is 0 Å². The molecule has 0 aliphatic carbocycles. The number of nitrogens with two attached hydrogens (primary N) is 1. The van der Waals surface area contributed by atoms with Gasteiger partial charge in [-0.25, -0.2) is 4.39 Å². The molecule has 0 saturated heterocycles. The van der Waals surface area contributed by atoms with Crippen LogP contribution in [0.15, 0.2) is 18.2 Å². The average molecular weight is 260 g/mol. The smallest absolute Gasteiger partial charge is 0.203 e. The van der Waals surface area contributed by atoms with Gasteiger partial charge in [-0.1, -0.05) is 22.9 Å². The fraction of sp³-hybridized carbons (Fsp3) is 0.111. The molecule has 2 rings (SSSR count). The number of nitrogens with zero attached hydrogens (tertiary/aromatic N) is 2. The monoisotopic (exact) mass is 259 g/mol. The van der Waals surface area contributed by atoms with E-state index in [0.717, 1.165) is 0 Å². The number of rotatable bonds is 3. The normalized spacial score (nSPS) is 10.4. The predicted octanol–water partition coefficient (Wildman–Crippen LogP) is 2.49. The summed E-state index contributed by atoms with van der Waals surface area (Å²) in [6.45, 7) is 0.189. The third kappa shape index (κ3) is 2.80. The minimum atomic E-state index is -0.445. The fourth-order valence-electron chi connectivity index (χ4n) is 1.08. The number of nitrogen functional groups attached to an aromatic ring is 1. The molecule has 0 aliphatic rings. The van der Waals surface area contributed by atoms with Gasteiger partial charge in [0.2, 0.25) is 5.13 Å². The van der Waals surface area contributed by atoms with Gasteiger partial charge in [0, 0.05) is 11.1 Å². The minimum absolute atomic E-state index is 0.189.